The van der Waals surface area contributed by atoms with E-state index >= 15 is 0 Å². The van der Waals surface area contributed by atoms with Crippen molar-refractivity contribution in [1.29, 1.82) is 0 Å². The van der Waals surface area contributed by atoms with Gasteiger partial charge >= 0.3 is 0 Å². The van der Waals surface area contributed by atoms with E-state index in [1.807, 2.05) is 0 Å². The van der Waals surface area contributed by atoms with Crippen LogP contribution < -0.4 is 0 Å². The van der Waals surface area contributed by atoms with Gasteiger partial charge in [0.15, 0.2) is 0 Å². The number of hydrogen-bond donors (Lipinski definition) is 1. The summed E-state index contributed by atoms with van der Waals surface area (Å²) in [5.41, 5.74) is 11.5. The molecule has 0 unspecified atom stereocenters. The van der Waals surface area contributed by atoms with Gasteiger partial charge in [-0.2, -0.15) is 5.10 Å². The zero-order valence-electron chi connectivity index (χ0n) is 8.06. The molecule has 0 aliphatic carbocycles. The largest absolute Gasteiger partial charge is 0.302 e. The Morgan fingerprint density at radius 2 is 2.57 bits per heavy atom. The molecule has 0 saturated carbocycles. The van der Waals surface area contributed by atoms with Crippen LogP contribution in [-0.2, 0) is 19.5 Å². The molecule has 0 bridgehead atoms. The zero-order valence-corrected chi connectivity index (χ0v) is 8.06. The summed E-state index contributed by atoms with van der Waals surface area (Å²) in [5.74, 6) is 0. The highest BCUT2D eigenvalue weighted by molar-refractivity contribution is 5.27. The van der Waals surface area contributed by atoms with Crippen LogP contribution in [0.4, 0.5) is 0 Å². The number of nitrogens with one attached hydrogen (secondary N) is 1. The molecule has 0 spiro atoms. The van der Waals surface area contributed by atoms with Gasteiger partial charge in [0.2, 0.25) is 0 Å². The van der Waals surface area contributed by atoms with Crippen molar-refractivity contribution >= 4 is 0 Å². The first-order valence-corrected chi connectivity index (χ1v) is 4.55. The highest BCUT2D eigenvalue weighted by Gasteiger charge is 2.18. The smallest absolute Gasteiger partial charge is 0.0728 e. The van der Waals surface area contributed by atoms with Crippen molar-refractivity contribution in [2.75, 3.05) is 13.6 Å². The van der Waals surface area contributed by atoms with Gasteiger partial charge in [-0.05, 0) is 12.6 Å². The zero-order chi connectivity index (χ0) is 9.97. The lowest BCUT2D eigenvalue weighted by Crippen LogP contribution is -2.26. The van der Waals surface area contributed by atoms with Gasteiger partial charge in [0.1, 0.15) is 0 Å². The van der Waals surface area contributed by atoms with Crippen LogP contribution in [0.5, 0.6) is 0 Å². The van der Waals surface area contributed by atoms with Crippen LogP contribution in [0.25, 0.3) is 10.4 Å². The fourth-order valence-corrected chi connectivity index (χ4v) is 1.72. The summed E-state index contributed by atoms with van der Waals surface area (Å²) in [5, 5.41) is 10.7. The van der Waals surface area contributed by atoms with Gasteiger partial charge < -0.3 is 4.90 Å². The molecule has 0 aromatic carbocycles. The molecule has 2 heterocycles. The molecule has 6 heteroatoms. The lowest BCUT2D eigenvalue weighted by molar-refractivity contribution is 0.310. The number of aromatic amines is 1. The standard InChI is InChI=1S/C8H12N6/c1-14-3-2-7-6(5-14)8(12-11-7)4-10-13-9/h2-5H2,1H3,(H,11,12). The minimum Gasteiger partial charge on any atom is -0.302 e. The SMILES string of the molecule is CN1CCc2[nH]nc(CN=[N+]=[N-])c2C1. The van der Waals surface area contributed by atoms with Gasteiger partial charge in [-0.1, -0.05) is 5.11 Å². The number of fused-ring (bicyclic) bond motifs is 1. The van der Waals surface area contributed by atoms with Crippen molar-refractivity contribution in [2.45, 2.75) is 19.5 Å². The van der Waals surface area contributed by atoms with Gasteiger partial charge in [0.25, 0.3) is 0 Å². The Labute approximate surface area is 81.5 Å². The van der Waals surface area contributed by atoms with Crippen LogP contribution in [-0.4, -0.2) is 28.7 Å². The van der Waals surface area contributed by atoms with Crippen LogP contribution >= 0.6 is 0 Å². The second kappa shape index (κ2) is 3.69. The maximum atomic E-state index is 8.23. The summed E-state index contributed by atoms with van der Waals surface area (Å²) in [7, 11) is 2.08. The number of azide groups is 1. The Hall–Kier alpha value is -1.52. The number of aromatic nitrogens is 2. The van der Waals surface area contributed by atoms with E-state index in [2.05, 4.69) is 32.2 Å². The number of likely N-dealkylation sites (N-methyl/N-ethyl adjacent to an activating group) is 1. The van der Waals surface area contributed by atoms with E-state index in [0.29, 0.717) is 6.54 Å². The molecule has 0 amide bonds. The van der Waals surface area contributed by atoms with Gasteiger partial charge in [-0.3, -0.25) is 5.10 Å². The molecule has 1 aromatic heterocycles. The van der Waals surface area contributed by atoms with Crippen LogP contribution in [0.15, 0.2) is 5.11 Å². The summed E-state index contributed by atoms with van der Waals surface area (Å²) in [6, 6.07) is 0. The van der Waals surface area contributed by atoms with Gasteiger partial charge in [0.05, 0.1) is 12.2 Å². The van der Waals surface area contributed by atoms with Crippen molar-refractivity contribution in [3.05, 3.63) is 27.4 Å². The average molecular weight is 192 g/mol. The summed E-state index contributed by atoms with van der Waals surface area (Å²) in [4.78, 5) is 4.97. The molecule has 1 aliphatic heterocycles. The predicted octanol–water partition coefficient (Wildman–Crippen LogP) is 1.21. The van der Waals surface area contributed by atoms with E-state index in [9.17, 15) is 0 Å². The lowest BCUT2D eigenvalue weighted by Gasteiger charge is -2.22. The molecule has 0 saturated heterocycles. The van der Waals surface area contributed by atoms with E-state index in [-0.39, 0.29) is 0 Å². The Morgan fingerprint density at radius 1 is 1.71 bits per heavy atom. The minimum atomic E-state index is 0.343. The fourth-order valence-electron chi connectivity index (χ4n) is 1.72. The number of rotatable bonds is 2. The van der Waals surface area contributed by atoms with Crippen LogP contribution in [0.2, 0.25) is 0 Å². The van der Waals surface area contributed by atoms with Gasteiger partial charge in [-0.25, -0.2) is 0 Å². The van der Waals surface area contributed by atoms with Crippen molar-refractivity contribution in [3.63, 3.8) is 0 Å². The quantitative estimate of drug-likeness (QED) is 0.434. The Bertz CT molecular complexity index is 375. The van der Waals surface area contributed by atoms with E-state index in [0.717, 1.165) is 25.2 Å². The summed E-state index contributed by atoms with van der Waals surface area (Å²) in [6.45, 7) is 2.29. The van der Waals surface area contributed by atoms with Gasteiger partial charge in [-0.15, -0.1) is 0 Å². The molecule has 0 radical (unpaired) electrons. The molecular formula is C8H12N6. The molecule has 0 atom stereocenters. The minimum absolute atomic E-state index is 0.343. The van der Waals surface area contributed by atoms with Crippen molar-refractivity contribution in [1.82, 2.24) is 15.1 Å². The fraction of sp³-hybridized carbons (Fsp3) is 0.625. The van der Waals surface area contributed by atoms with Gasteiger partial charge in [0, 0.05) is 35.7 Å². The number of hydrogen-bond acceptors (Lipinski definition) is 3. The van der Waals surface area contributed by atoms with Crippen molar-refractivity contribution < 1.29 is 0 Å². The summed E-state index contributed by atoms with van der Waals surface area (Å²) >= 11 is 0. The molecule has 1 N–H and O–H groups in total. The first-order valence-electron chi connectivity index (χ1n) is 4.55. The van der Waals surface area contributed by atoms with Crippen LogP contribution in [0.3, 0.4) is 0 Å². The lowest BCUT2D eigenvalue weighted by atomic mass is 10.1. The summed E-state index contributed by atoms with van der Waals surface area (Å²) < 4.78 is 0. The van der Waals surface area contributed by atoms with E-state index in [4.69, 9.17) is 5.53 Å². The highest BCUT2D eigenvalue weighted by atomic mass is 15.2. The molecule has 74 valence electrons. The second-order valence-corrected chi connectivity index (χ2v) is 3.50. The maximum Gasteiger partial charge on any atom is 0.0728 e. The normalized spacial score (nSPS) is 16.1. The molecule has 14 heavy (non-hydrogen) atoms. The van der Waals surface area contributed by atoms with E-state index in [1.165, 1.54) is 11.3 Å². The molecule has 1 aromatic rings. The number of H-pyrrole nitrogens is 1. The topological polar surface area (TPSA) is 80.7 Å². The number of nitrogens with zero attached hydrogens (tertiary/aromatic N) is 5. The summed E-state index contributed by atoms with van der Waals surface area (Å²) in [6.07, 6.45) is 0.995. The second-order valence-electron chi connectivity index (χ2n) is 3.50. The van der Waals surface area contributed by atoms with Crippen molar-refractivity contribution in [2.24, 2.45) is 5.11 Å². The Balaban J connectivity index is 2.25. The third-order valence-corrected chi connectivity index (χ3v) is 2.49. The molecular weight excluding hydrogens is 180 g/mol. The van der Waals surface area contributed by atoms with Crippen LogP contribution in [0.1, 0.15) is 17.0 Å². The van der Waals surface area contributed by atoms with Crippen molar-refractivity contribution in [3.8, 4) is 0 Å². The Morgan fingerprint density at radius 3 is 3.36 bits per heavy atom. The maximum absolute atomic E-state index is 8.23. The Kier molecular flexibility index (Phi) is 2.39. The first kappa shape index (κ1) is 9.05. The molecule has 0 fully saturated rings. The third-order valence-electron chi connectivity index (χ3n) is 2.49. The van der Waals surface area contributed by atoms with E-state index in [1.54, 1.807) is 0 Å². The van der Waals surface area contributed by atoms with E-state index < -0.39 is 0 Å². The van der Waals surface area contributed by atoms with Crippen LogP contribution in [0, 0.1) is 0 Å². The highest BCUT2D eigenvalue weighted by Crippen LogP contribution is 2.19. The predicted molar refractivity (Wildman–Crippen MR) is 51.5 cm³/mol. The molecule has 6 nitrogen and oxygen atoms in total. The molecule has 1 aliphatic rings. The average Bonchev–Trinajstić information content (AvgIpc) is 2.57. The third kappa shape index (κ3) is 1.57. The molecule has 2 rings (SSSR count). The first-order chi connectivity index (χ1) is 6.81. The monoisotopic (exact) mass is 192 g/mol.